The second-order valence-corrected chi connectivity index (χ2v) is 4.10. The van der Waals surface area contributed by atoms with Crippen molar-refractivity contribution in [1.29, 1.82) is 0 Å². The van der Waals surface area contributed by atoms with Crippen LogP contribution in [0, 0.1) is 17.8 Å². The molecule has 0 radical (unpaired) electrons. The molecular formula is C10H17NS. The van der Waals surface area contributed by atoms with Crippen molar-refractivity contribution in [2.24, 2.45) is 22.7 Å². The minimum atomic E-state index is 0.530. The van der Waals surface area contributed by atoms with Crippen molar-refractivity contribution >= 4 is 18.3 Å². The molecule has 1 rings (SSSR count). The first-order valence-corrected chi connectivity index (χ1v) is 5.15. The van der Waals surface area contributed by atoms with E-state index in [2.05, 4.69) is 44.5 Å². The van der Waals surface area contributed by atoms with Crippen molar-refractivity contribution < 1.29 is 0 Å². The lowest BCUT2D eigenvalue weighted by molar-refractivity contribution is 0.574. The third-order valence-electron chi connectivity index (χ3n) is 2.35. The van der Waals surface area contributed by atoms with Crippen LogP contribution in [-0.4, -0.2) is 11.5 Å². The zero-order chi connectivity index (χ0) is 9.14. The predicted molar refractivity (Wildman–Crippen MR) is 57.9 cm³/mol. The molecule has 0 saturated carbocycles. The molecular weight excluding hydrogens is 166 g/mol. The van der Waals surface area contributed by atoms with Crippen LogP contribution in [-0.2, 0) is 0 Å². The van der Waals surface area contributed by atoms with Crippen LogP contribution in [0.1, 0.15) is 20.8 Å². The zero-order valence-corrected chi connectivity index (χ0v) is 8.88. The number of allylic oxidation sites excluding steroid dienone is 1. The van der Waals surface area contributed by atoms with E-state index in [4.69, 9.17) is 0 Å². The van der Waals surface area contributed by atoms with Gasteiger partial charge in [0.2, 0.25) is 0 Å². The van der Waals surface area contributed by atoms with Gasteiger partial charge in [-0.1, -0.05) is 26.8 Å². The highest BCUT2D eigenvalue weighted by molar-refractivity contribution is 7.80. The maximum absolute atomic E-state index is 4.39. The van der Waals surface area contributed by atoms with E-state index in [0.717, 1.165) is 5.75 Å². The summed E-state index contributed by atoms with van der Waals surface area (Å²) in [7, 11) is 0. The van der Waals surface area contributed by atoms with E-state index in [1.807, 2.05) is 6.20 Å². The molecule has 0 aromatic rings. The summed E-state index contributed by atoms with van der Waals surface area (Å²) in [5.74, 6) is 2.63. The molecule has 0 fully saturated rings. The van der Waals surface area contributed by atoms with Crippen LogP contribution < -0.4 is 0 Å². The Morgan fingerprint density at radius 2 is 2.17 bits per heavy atom. The van der Waals surface area contributed by atoms with Crippen LogP contribution >= 0.6 is 12.6 Å². The van der Waals surface area contributed by atoms with Crippen LogP contribution in [0.3, 0.4) is 0 Å². The highest BCUT2D eigenvalue weighted by Gasteiger charge is 2.23. The lowest BCUT2D eigenvalue weighted by atomic mass is 9.87. The number of aliphatic imine (C=N–C) groups is 1. The molecule has 0 N–H and O–H groups in total. The van der Waals surface area contributed by atoms with E-state index in [0.29, 0.717) is 17.8 Å². The fourth-order valence-corrected chi connectivity index (χ4v) is 1.76. The molecule has 0 aromatic heterocycles. The second-order valence-electron chi connectivity index (χ2n) is 3.74. The Balaban J connectivity index is 2.67. The van der Waals surface area contributed by atoms with Gasteiger partial charge in [-0.05, 0) is 17.6 Å². The van der Waals surface area contributed by atoms with Crippen LogP contribution in [0.15, 0.2) is 17.3 Å². The summed E-state index contributed by atoms with van der Waals surface area (Å²) in [4.78, 5) is 4.39. The lowest BCUT2D eigenvalue weighted by Gasteiger charge is -2.20. The van der Waals surface area contributed by atoms with Gasteiger partial charge in [-0.15, -0.1) is 0 Å². The molecule has 0 aromatic carbocycles. The van der Waals surface area contributed by atoms with Gasteiger partial charge >= 0.3 is 0 Å². The first-order chi connectivity index (χ1) is 5.66. The second kappa shape index (κ2) is 4.13. The van der Waals surface area contributed by atoms with E-state index >= 15 is 0 Å². The molecule has 1 nitrogen and oxygen atoms in total. The highest BCUT2D eigenvalue weighted by atomic mass is 32.1. The van der Waals surface area contributed by atoms with Crippen LogP contribution in [0.2, 0.25) is 0 Å². The normalized spacial score (nSPS) is 24.8. The summed E-state index contributed by atoms with van der Waals surface area (Å²) >= 11 is 4.31. The SMILES string of the molecule is CC(C)C1=NC=CC1C(C)CS. The van der Waals surface area contributed by atoms with Gasteiger partial charge in [0, 0.05) is 17.8 Å². The molecule has 0 saturated heterocycles. The van der Waals surface area contributed by atoms with Crippen molar-refractivity contribution in [1.82, 2.24) is 0 Å². The lowest BCUT2D eigenvalue weighted by Crippen LogP contribution is -2.23. The molecule has 1 aliphatic heterocycles. The zero-order valence-electron chi connectivity index (χ0n) is 7.99. The molecule has 68 valence electrons. The van der Waals surface area contributed by atoms with Crippen molar-refractivity contribution in [2.75, 3.05) is 5.75 Å². The van der Waals surface area contributed by atoms with E-state index in [9.17, 15) is 0 Å². The average molecular weight is 183 g/mol. The van der Waals surface area contributed by atoms with Crippen LogP contribution in [0.4, 0.5) is 0 Å². The fraction of sp³-hybridized carbons (Fsp3) is 0.700. The number of hydrogen-bond donors (Lipinski definition) is 1. The summed E-state index contributed by atoms with van der Waals surface area (Å²) in [5, 5.41) is 0. The molecule has 2 atom stereocenters. The van der Waals surface area contributed by atoms with Crippen molar-refractivity contribution in [2.45, 2.75) is 20.8 Å². The van der Waals surface area contributed by atoms with E-state index in [1.165, 1.54) is 5.71 Å². The minimum Gasteiger partial charge on any atom is -0.265 e. The van der Waals surface area contributed by atoms with Gasteiger partial charge in [-0.25, -0.2) is 0 Å². The standard InChI is InChI=1S/C10H17NS/c1-7(2)10-9(4-5-11-10)8(3)6-12/h4-5,7-9,12H,6H2,1-3H3. The molecule has 1 heterocycles. The quantitative estimate of drug-likeness (QED) is 0.646. The summed E-state index contributed by atoms with van der Waals surface area (Å²) in [6.07, 6.45) is 4.12. The van der Waals surface area contributed by atoms with E-state index in [1.54, 1.807) is 0 Å². The molecule has 2 unspecified atom stereocenters. The van der Waals surface area contributed by atoms with Crippen LogP contribution in [0.25, 0.3) is 0 Å². The summed E-state index contributed by atoms with van der Waals surface area (Å²) in [5.41, 5.74) is 1.32. The molecule has 1 aliphatic rings. The number of hydrogen-bond acceptors (Lipinski definition) is 2. The van der Waals surface area contributed by atoms with E-state index in [-0.39, 0.29) is 0 Å². The maximum atomic E-state index is 4.39. The average Bonchev–Trinajstić information content (AvgIpc) is 2.50. The van der Waals surface area contributed by atoms with Gasteiger partial charge < -0.3 is 0 Å². The van der Waals surface area contributed by atoms with Crippen molar-refractivity contribution in [3.05, 3.63) is 12.3 Å². The van der Waals surface area contributed by atoms with Crippen molar-refractivity contribution in [3.8, 4) is 0 Å². The third-order valence-corrected chi connectivity index (χ3v) is 2.93. The monoisotopic (exact) mass is 183 g/mol. The molecule has 0 amide bonds. The van der Waals surface area contributed by atoms with Crippen LogP contribution in [0.5, 0.6) is 0 Å². The first kappa shape index (κ1) is 9.85. The maximum Gasteiger partial charge on any atom is 0.0276 e. The van der Waals surface area contributed by atoms with Gasteiger partial charge in [0.1, 0.15) is 0 Å². The molecule has 12 heavy (non-hydrogen) atoms. The Morgan fingerprint density at radius 3 is 2.67 bits per heavy atom. The Labute approximate surface area is 80.4 Å². The Kier molecular flexibility index (Phi) is 3.39. The molecule has 0 spiro atoms. The first-order valence-electron chi connectivity index (χ1n) is 4.52. The third kappa shape index (κ3) is 1.92. The Morgan fingerprint density at radius 1 is 1.50 bits per heavy atom. The molecule has 0 aliphatic carbocycles. The van der Waals surface area contributed by atoms with Gasteiger partial charge in [-0.3, -0.25) is 4.99 Å². The fourth-order valence-electron chi connectivity index (χ4n) is 1.54. The summed E-state index contributed by atoms with van der Waals surface area (Å²) in [6.45, 7) is 6.62. The summed E-state index contributed by atoms with van der Waals surface area (Å²) in [6, 6.07) is 0. The van der Waals surface area contributed by atoms with Gasteiger partial charge in [0.25, 0.3) is 0 Å². The van der Waals surface area contributed by atoms with Gasteiger partial charge in [-0.2, -0.15) is 12.6 Å². The predicted octanol–water partition coefficient (Wildman–Crippen LogP) is 2.79. The highest BCUT2D eigenvalue weighted by Crippen LogP contribution is 2.24. The minimum absolute atomic E-state index is 0.530. The van der Waals surface area contributed by atoms with E-state index < -0.39 is 0 Å². The largest absolute Gasteiger partial charge is 0.265 e. The number of thiol groups is 1. The van der Waals surface area contributed by atoms with Crippen molar-refractivity contribution in [3.63, 3.8) is 0 Å². The number of rotatable bonds is 3. The topological polar surface area (TPSA) is 12.4 Å². The molecule has 0 bridgehead atoms. The van der Waals surface area contributed by atoms with Gasteiger partial charge in [0.15, 0.2) is 0 Å². The van der Waals surface area contributed by atoms with Gasteiger partial charge in [0.05, 0.1) is 0 Å². The molecule has 2 heteroatoms. The summed E-state index contributed by atoms with van der Waals surface area (Å²) < 4.78 is 0. The Bertz CT molecular complexity index is 206. The number of nitrogens with zero attached hydrogens (tertiary/aromatic N) is 1. The Hall–Kier alpha value is -0.240. The smallest absolute Gasteiger partial charge is 0.0276 e.